The number of nitrogens with zero attached hydrogens (tertiary/aromatic N) is 1. The Morgan fingerprint density at radius 2 is 2.14 bits per heavy atom. The summed E-state index contributed by atoms with van der Waals surface area (Å²) >= 11 is 0. The second kappa shape index (κ2) is 8.24. The van der Waals surface area contributed by atoms with Crippen molar-refractivity contribution in [2.45, 2.75) is 44.1 Å². The maximum Gasteiger partial charge on any atom is 0.291 e. The van der Waals surface area contributed by atoms with Gasteiger partial charge in [0.1, 0.15) is 5.69 Å². The lowest BCUT2D eigenvalue weighted by atomic mass is 9.83. The zero-order valence-electron chi connectivity index (χ0n) is 16.3. The van der Waals surface area contributed by atoms with E-state index in [0.717, 1.165) is 30.4 Å². The van der Waals surface area contributed by atoms with Crippen LogP contribution in [0, 0.1) is 12.3 Å². The molecule has 1 aromatic carbocycles. The van der Waals surface area contributed by atoms with Crippen LogP contribution in [0.5, 0.6) is 0 Å². The van der Waals surface area contributed by atoms with Gasteiger partial charge >= 0.3 is 0 Å². The molecule has 2 heterocycles. The minimum Gasteiger partial charge on any atom is -0.385 e. The van der Waals surface area contributed by atoms with Gasteiger partial charge in [-0.25, -0.2) is 4.98 Å². The first-order valence-electron chi connectivity index (χ1n) is 10.1. The molecule has 0 radical (unpaired) electrons. The van der Waals surface area contributed by atoms with E-state index in [4.69, 9.17) is 11.2 Å². The van der Waals surface area contributed by atoms with E-state index < -0.39 is 5.60 Å². The highest BCUT2D eigenvalue weighted by Gasteiger charge is 2.32. The van der Waals surface area contributed by atoms with Gasteiger partial charge in [0.25, 0.3) is 5.91 Å². The van der Waals surface area contributed by atoms with E-state index in [2.05, 4.69) is 27.3 Å². The van der Waals surface area contributed by atoms with E-state index in [0.29, 0.717) is 37.4 Å². The van der Waals surface area contributed by atoms with Crippen molar-refractivity contribution in [2.24, 2.45) is 0 Å². The molecule has 1 aromatic heterocycles. The highest BCUT2D eigenvalue weighted by Crippen LogP contribution is 2.38. The van der Waals surface area contributed by atoms with E-state index >= 15 is 0 Å². The van der Waals surface area contributed by atoms with Crippen LogP contribution in [0.2, 0.25) is 0 Å². The summed E-state index contributed by atoms with van der Waals surface area (Å²) in [6.45, 7) is 1.09. The topological polar surface area (TPSA) is 87.2 Å². The van der Waals surface area contributed by atoms with Crippen LogP contribution in [-0.2, 0) is 10.3 Å². The molecule has 0 unspecified atom stereocenters. The molecule has 1 saturated heterocycles. The van der Waals surface area contributed by atoms with Gasteiger partial charge in [0.15, 0.2) is 5.82 Å². The van der Waals surface area contributed by atoms with Crippen molar-refractivity contribution in [3.8, 4) is 12.3 Å². The summed E-state index contributed by atoms with van der Waals surface area (Å²) in [4.78, 5) is 19.6. The van der Waals surface area contributed by atoms with Gasteiger partial charge in [0, 0.05) is 43.5 Å². The molecular weight excluding hydrogens is 366 g/mol. The number of carbonyl (C=O) groups excluding carboxylic acids is 1. The molecule has 0 saturated carbocycles. The summed E-state index contributed by atoms with van der Waals surface area (Å²) in [6.07, 6.45) is 14.5. The zero-order chi connectivity index (χ0) is 20.3. The van der Waals surface area contributed by atoms with Crippen molar-refractivity contribution in [3.05, 3.63) is 53.1 Å². The first kappa shape index (κ1) is 19.4. The maximum atomic E-state index is 12.7. The van der Waals surface area contributed by atoms with Crippen LogP contribution in [0.25, 0.3) is 5.57 Å². The molecule has 0 spiro atoms. The Morgan fingerprint density at radius 1 is 1.31 bits per heavy atom. The Morgan fingerprint density at radius 3 is 2.83 bits per heavy atom. The fraction of sp³-hybridized carbons (Fsp3) is 0.391. The smallest absolute Gasteiger partial charge is 0.291 e. The molecule has 4 rings (SSSR count). The Kier molecular flexibility index (Phi) is 5.52. The van der Waals surface area contributed by atoms with Crippen LogP contribution in [0.1, 0.15) is 66.0 Å². The number of hydrogen-bond acceptors (Lipinski definition) is 4. The van der Waals surface area contributed by atoms with E-state index in [1.54, 1.807) is 0 Å². The summed E-state index contributed by atoms with van der Waals surface area (Å²) in [7, 11) is 0. The summed E-state index contributed by atoms with van der Waals surface area (Å²) in [6, 6.07) is 5.78. The third-order valence-electron chi connectivity index (χ3n) is 5.70. The van der Waals surface area contributed by atoms with E-state index in [1.807, 2.05) is 18.2 Å². The number of aromatic nitrogens is 2. The van der Waals surface area contributed by atoms with Crippen molar-refractivity contribution < 1.29 is 14.6 Å². The molecule has 1 fully saturated rings. The lowest BCUT2D eigenvalue weighted by molar-refractivity contribution is -0.0679. The fourth-order valence-corrected chi connectivity index (χ4v) is 3.98. The van der Waals surface area contributed by atoms with Crippen LogP contribution in [-0.4, -0.2) is 34.2 Å². The zero-order valence-corrected chi connectivity index (χ0v) is 16.3. The predicted octanol–water partition coefficient (Wildman–Crippen LogP) is 3.60. The molecule has 1 amide bonds. The average molecular weight is 391 g/mol. The third-order valence-corrected chi connectivity index (χ3v) is 5.70. The SMILES string of the molecule is C#Cc1c[nH]c(C(=O)Nc2ccc(C3(O)CCOCC3)cc2C2=CCCCC2)n1. The molecule has 1 aliphatic heterocycles. The Balaban J connectivity index is 1.68. The number of imidazole rings is 1. The van der Waals surface area contributed by atoms with Gasteiger partial charge in [-0.1, -0.05) is 12.1 Å². The molecule has 0 atom stereocenters. The number of aromatic amines is 1. The van der Waals surface area contributed by atoms with E-state index in [-0.39, 0.29) is 11.7 Å². The van der Waals surface area contributed by atoms with Crippen LogP contribution in [0.15, 0.2) is 30.5 Å². The number of allylic oxidation sites excluding steroid dienone is 2. The quantitative estimate of drug-likeness (QED) is 0.695. The predicted molar refractivity (Wildman–Crippen MR) is 111 cm³/mol. The fourth-order valence-electron chi connectivity index (χ4n) is 3.98. The van der Waals surface area contributed by atoms with Crippen molar-refractivity contribution in [1.82, 2.24) is 9.97 Å². The van der Waals surface area contributed by atoms with Gasteiger partial charge in [0.2, 0.25) is 0 Å². The second-order valence-corrected chi connectivity index (χ2v) is 7.61. The Labute approximate surface area is 170 Å². The van der Waals surface area contributed by atoms with Gasteiger partial charge in [-0.3, -0.25) is 4.79 Å². The molecule has 3 N–H and O–H groups in total. The Bertz CT molecular complexity index is 977. The number of aliphatic hydroxyl groups is 1. The van der Waals surface area contributed by atoms with Crippen LogP contribution < -0.4 is 5.32 Å². The monoisotopic (exact) mass is 391 g/mol. The van der Waals surface area contributed by atoms with Gasteiger partial charge in [-0.05, 0) is 54.9 Å². The van der Waals surface area contributed by atoms with Crippen molar-refractivity contribution in [2.75, 3.05) is 18.5 Å². The number of ether oxygens (including phenoxy) is 1. The molecule has 0 bridgehead atoms. The lowest BCUT2D eigenvalue weighted by Gasteiger charge is -2.33. The number of terminal acetylenes is 1. The summed E-state index contributed by atoms with van der Waals surface area (Å²) in [5.74, 6) is 2.24. The molecule has 6 nitrogen and oxygen atoms in total. The van der Waals surface area contributed by atoms with E-state index in [1.165, 1.54) is 18.2 Å². The maximum absolute atomic E-state index is 12.7. The van der Waals surface area contributed by atoms with Crippen molar-refractivity contribution in [1.29, 1.82) is 0 Å². The first-order chi connectivity index (χ1) is 14.1. The van der Waals surface area contributed by atoms with Gasteiger partial charge in [0.05, 0.1) is 5.60 Å². The van der Waals surface area contributed by atoms with Crippen LogP contribution in [0.3, 0.4) is 0 Å². The average Bonchev–Trinajstić information content (AvgIpc) is 3.25. The summed E-state index contributed by atoms with van der Waals surface area (Å²) in [5, 5.41) is 14.1. The number of anilines is 1. The molecular formula is C23H25N3O3. The number of amides is 1. The lowest BCUT2D eigenvalue weighted by Crippen LogP contribution is -2.33. The van der Waals surface area contributed by atoms with Gasteiger partial charge in [-0.2, -0.15) is 0 Å². The highest BCUT2D eigenvalue weighted by atomic mass is 16.5. The number of carbonyl (C=O) groups is 1. The van der Waals surface area contributed by atoms with Crippen LogP contribution in [0.4, 0.5) is 5.69 Å². The van der Waals surface area contributed by atoms with Crippen molar-refractivity contribution in [3.63, 3.8) is 0 Å². The first-order valence-corrected chi connectivity index (χ1v) is 10.1. The molecule has 2 aromatic rings. The summed E-state index contributed by atoms with van der Waals surface area (Å²) in [5.41, 5.74) is 3.23. The molecule has 29 heavy (non-hydrogen) atoms. The van der Waals surface area contributed by atoms with E-state index in [9.17, 15) is 9.90 Å². The van der Waals surface area contributed by atoms with Crippen LogP contribution >= 0.6 is 0 Å². The number of rotatable bonds is 4. The molecule has 2 aliphatic rings. The molecule has 1 aliphatic carbocycles. The largest absolute Gasteiger partial charge is 0.385 e. The van der Waals surface area contributed by atoms with Crippen molar-refractivity contribution >= 4 is 17.2 Å². The van der Waals surface area contributed by atoms with Gasteiger partial charge < -0.3 is 20.1 Å². The number of H-pyrrole nitrogens is 1. The highest BCUT2D eigenvalue weighted by molar-refractivity contribution is 6.03. The Hall–Kier alpha value is -2.88. The third kappa shape index (κ3) is 4.12. The summed E-state index contributed by atoms with van der Waals surface area (Å²) < 4.78 is 5.42. The molecule has 6 heteroatoms. The van der Waals surface area contributed by atoms with Gasteiger partial charge in [-0.15, -0.1) is 6.42 Å². The second-order valence-electron chi connectivity index (χ2n) is 7.61. The minimum atomic E-state index is -0.895. The molecule has 150 valence electrons. The minimum absolute atomic E-state index is 0.175. The standard InChI is InChI=1S/C23H25N3O3/c1-2-18-15-24-21(25-18)22(27)26-20-9-8-17(23(28)10-12-29-13-11-23)14-19(20)16-6-4-3-5-7-16/h1,6,8-9,14-15,28H,3-5,7,10-13H2,(H,24,25)(H,26,27). The number of hydrogen-bond donors (Lipinski definition) is 3. The number of nitrogens with one attached hydrogen (secondary N) is 2. The number of benzene rings is 1. The normalized spacial score (nSPS) is 18.6.